The van der Waals surface area contributed by atoms with E-state index in [-0.39, 0.29) is 11.5 Å². The number of nitrogens with one attached hydrogen (secondary N) is 1. The van der Waals surface area contributed by atoms with Crippen LogP contribution in [0.1, 0.15) is 74.9 Å². The molecule has 1 amide bonds. The van der Waals surface area contributed by atoms with E-state index in [0.717, 1.165) is 67.6 Å². The minimum atomic E-state index is -3.79. The first-order chi connectivity index (χ1) is 17.3. The summed E-state index contributed by atoms with van der Waals surface area (Å²) in [6.45, 7) is 5.39. The van der Waals surface area contributed by atoms with Crippen LogP contribution in [-0.2, 0) is 16.1 Å². The van der Waals surface area contributed by atoms with Crippen molar-refractivity contribution in [2.24, 2.45) is 0 Å². The summed E-state index contributed by atoms with van der Waals surface area (Å²) >= 11 is 0. The summed E-state index contributed by atoms with van der Waals surface area (Å²) in [5.41, 5.74) is -1.33. The highest BCUT2D eigenvalue weighted by Crippen LogP contribution is 2.52. The highest BCUT2D eigenvalue weighted by Gasteiger charge is 2.51. The number of amides is 1. The molecule has 2 aliphatic rings. The van der Waals surface area contributed by atoms with Crippen LogP contribution in [0.5, 0.6) is 0 Å². The molecule has 1 spiro atoms. The van der Waals surface area contributed by atoms with E-state index in [1.54, 1.807) is 18.9 Å². The lowest BCUT2D eigenvalue weighted by Gasteiger charge is -2.30. The number of carbonyl (C=O) groups is 1. The first-order valence-corrected chi connectivity index (χ1v) is 12.5. The van der Waals surface area contributed by atoms with Gasteiger partial charge >= 0.3 is 5.92 Å². The van der Waals surface area contributed by atoms with E-state index >= 15 is 4.39 Å². The number of alkyl halides is 2. The number of rotatable bonds is 5. The summed E-state index contributed by atoms with van der Waals surface area (Å²) in [5.74, 6) is -4.40. The number of halogens is 3. The van der Waals surface area contributed by atoms with Gasteiger partial charge in [-0.3, -0.25) is 4.79 Å². The topological polar surface area (TPSA) is 78.4 Å². The summed E-state index contributed by atoms with van der Waals surface area (Å²) < 4.78 is 45.0. The predicted molar refractivity (Wildman–Crippen MR) is 136 cm³/mol. The summed E-state index contributed by atoms with van der Waals surface area (Å²) in [6.07, 6.45) is 3.55. The summed E-state index contributed by atoms with van der Waals surface area (Å²) in [4.78, 5) is 15.0. The largest absolute Gasteiger partial charge is 0.384 e. The molecule has 2 N–H and O–H groups in total. The molecule has 1 unspecified atom stereocenters. The lowest BCUT2D eigenvalue weighted by atomic mass is 9.79. The maximum atomic E-state index is 15.4. The smallest absolute Gasteiger partial charge is 0.303 e. The molecule has 5 rings (SSSR count). The monoisotopic (exact) mass is 512 g/mol. The van der Waals surface area contributed by atoms with Crippen molar-refractivity contribution in [1.29, 1.82) is 0 Å². The summed E-state index contributed by atoms with van der Waals surface area (Å²) in [6, 6.07) is 6.98. The third kappa shape index (κ3) is 3.69. The fourth-order valence-electron chi connectivity index (χ4n) is 5.83. The zero-order chi connectivity index (χ0) is 26.9. The van der Waals surface area contributed by atoms with E-state index in [1.165, 1.54) is 12.1 Å². The Bertz CT molecular complexity index is 1410. The fourth-order valence-corrected chi connectivity index (χ4v) is 5.83. The molecule has 1 atom stereocenters. The number of hydrogen-bond acceptors (Lipinski definition) is 5. The van der Waals surface area contributed by atoms with Crippen molar-refractivity contribution in [3.05, 3.63) is 58.5 Å². The van der Waals surface area contributed by atoms with Crippen LogP contribution >= 0.6 is 0 Å². The number of fused-ring (bicyclic) bond motifs is 3. The Balaban J connectivity index is 1.58. The molecule has 3 aromatic rings. The van der Waals surface area contributed by atoms with Gasteiger partial charge < -0.3 is 15.3 Å². The number of aliphatic hydroxyl groups is 1. The van der Waals surface area contributed by atoms with Crippen molar-refractivity contribution in [3.8, 4) is 0 Å². The van der Waals surface area contributed by atoms with Crippen molar-refractivity contribution in [1.82, 2.24) is 10.2 Å². The molecule has 196 valence electrons. The molecule has 2 heterocycles. The van der Waals surface area contributed by atoms with Crippen LogP contribution in [0.25, 0.3) is 10.8 Å². The Labute approximate surface area is 213 Å². The van der Waals surface area contributed by atoms with Gasteiger partial charge in [0.2, 0.25) is 5.91 Å². The molecule has 1 aliphatic carbocycles. The van der Waals surface area contributed by atoms with Crippen molar-refractivity contribution < 1.29 is 23.1 Å². The van der Waals surface area contributed by atoms with Crippen LogP contribution in [0.2, 0.25) is 0 Å². The van der Waals surface area contributed by atoms with E-state index in [0.29, 0.717) is 11.5 Å². The number of anilines is 2. The van der Waals surface area contributed by atoms with Gasteiger partial charge in [0.25, 0.3) is 0 Å². The zero-order valence-corrected chi connectivity index (χ0v) is 21.6. The molecular formula is C28H31F3N4O2. The van der Waals surface area contributed by atoms with E-state index < -0.39 is 34.4 Å². The standard InChI is InChI=1S/C28H31F3N4O2/c1-15(17-9-8-10-20(23(17)29)28(30,31)26(3,4)37)32-24-19-13-21-22(14-18(19)16(2)33-34-24)35(5)25(36)27(21)11-6-7-12-27/h8-10,13-15,37H,6-7,11-12H2,1-5H3,(H,32,34). The minimum Gasteiger partial charge on any atom is -0.384 e. The molecule has 0 bridgehead atoms. The van der Waals surface area contributed by atoms with Crippen LogP contribution < -0.4 is 10.2 Å². The molecule has 2 aromatic carbocycles. The summed E-state index contributed by atoms with van der Waals surface area (Å²) in [7, 11) is 1.80. The number of aromatic nitrogens is 2. The fraction of sp³-hybridized carbons (Fsp3) is 0.464. The Morgan fingerprint density at radius 2 is 1.81 bits per heavy atom. The SMILES string of the molecule is Cc1nnc(NC(C)c2cccc(C(F)(F)C(C)(C)O)c2F)c2cc3c(cc12)N(C)C(=O)C31CCCC1. The molecule has 6 nitrogen and oxygen atoms in total. The van der Waals surface area contributed by atoms with Gasteiger partial charge in [0, 0.05) is 29.1 Å². The molecule has 0 radical (unpaired) electrons. The second kappa shape index (κ2) is 8.41. The van der Waals surface area contributed by atoms with E-state index in [1.807, 2.05) is 19.1 Å². The number of likely N-dealkylation sites (N-methyl/N-ethyl adjacent to an activating group) is 1. The first kappa shape index (κ1) is 25.4. The number of aryl methyl sites for hydroxylation is 1. The molecule has 1 fully saturated rings. The van der Waals surface area contributed by atoms with Gasteiger partial charge in [-0.05, 0) is 64.3 Å². The quantitative estimate of drug-likeness (QED) is 0.445. The summed E-state index contributed by atoms with van der Waals surface area (Å²) in [5, 5.41) is 23.2. The maximum absolute atomic E-state index is 15.4. The van der Waals surface area contributed by atoms with Crippen molar-refractivity contribution in [3.63, 3.8) is 0 Å². The molecule has 37 heavy (non-hydrogen) atoms. The second-order valence-corrected chi connectivity index (χ2v) is 10.9. The molecule has 1 saturated carbocycles. The van der Waals surface area contributed by atoms with Gasteiger partial charge in [0.15, 0.2) is 5.82 Å². The maximum Gasteiger partial charge on any atom is 0.303 e. The number of nitrogens with zero attached hydrogens (tertiary/aromatic N) is 3. The van der Waals surface area contributed by atoms with Gasteiger partial charge in [0.05, 0.1) is 22.7 Å². The zero-order valence-electron chi connectivity index (χ0n) is 21.6. The van der Waals surface area contributed by atoms with Crippen LogP contribution in [0.3, 0.4) is 0 Å². The molecule has 9 heteroatoms. The normalized spacial score (nSPS) is 18.1. The Morgan fingerprint density at radius 3 is 2.46 bits per heavy atom. The Kier molecular flexibility index (Phi) is 5.78. The lowest BCUT2D eigenvalue weighted by Crippen LogP contribution is -2.41. The Hall–Kier alpha value is -3.20. The molecule has 1 aromatic heterocycles. The average Bonchev–Trinajstić information content (AvgIpc) is 3.40. The second-order valence-electron chi connectivity index (χ2n) is 10.9. The van der Waals surface area contributed by atoms with E-state index in [2.05, 4.69) is 15.5 Å². The van der Waals surface area contributed by atoms with Crippen molar-refractivity contribution in [2.75, 3.05) is 17.3 Å². The molecular weight excluding hydrogens is 481 g/mol. The van der Waals surface area contributed by atoms with E-state index in [9.17, 15) is 18.7 Å². The highest BCUT2D eigenvalue weighted by molar-refractivity contribution is 6.11. The third-order valence-corrected chi connectivity index (χ3v) is 8.08. The van der Waals surface area contributed by atoms with Crippen LogP contribution in [-0.4, -0.2) is 33.9 Å². The molecule has 1 aliphatic heterocycles. The highest BCUT2D eigenvalue weighted by atomic mass is 19.3. The molecule has 0 saturated heterocycles. The van der Waals surface area contributed by atoms with Gasteiger partial charge in [-0.25, -0.2) is 4.39 Å². The van der Waals surface area contributed by atoms with Crippen LogP contribution in [0.15, 0.2) is 30.3 Å². The van der Waals surface area contributed by atoms with Gasteiger partial charge in [-0.15, -0.1) is 5.10 Å². The van der Waals surface area contributed by atoms with Crippen molar-refractivity contribution >= 4 is 28.2 Å². The van der Waals surface area contributed by atoms with Gasteiger partial charge in [0.1, 0.15) is 11.4 Å². The average molecular weight is 513 g/mol. The lowest BCUT2D eigenvalue weighted by molar-refractivity contribution is -0.170. The number of carbonyl (C=O) groups excluding carboxylic acids is 1. The van der Waals surface area contributed by atoms with Gasteiger partial charge in [-0.2, -0.15) is 13.9 Å². The minimum absolute atomic E-state index is 0.0142. The van der Waals surface area contributed by atoms with Crippen LogP contribution in [0, 0.1) is 12.7 Å². The van der Waals surface area contributed by atoms with E-state index in [4.69, 9.17) is 0 Å². The third-order valence-electron chi connectivity index (χ3n) is 8.08. The Morgan fingerprint density at radius 1 is 1.14 bits per heavy atom. The van der Waals surface area contributed by atoms with Crippen molar-refractivity contribution in [2.45, 2.75) is 76.4 Å². The first-order valence-electron chi connectivity index (χ1n) is 12.5. The number of benzene rings is 2. The van der Waals surface area contributed by atoms with Crippen LogP contribution in [0.4, 0.5) is 24.7 Å². The van der Waals surface area contributed by atoms with Gasteiger partial charge in [-0.1, -0.05) is 25.0 Å². The predicted octanol–water partition coefficient (Wildman–Crippen LogP) is 5.90. The number of hydrogen-bond donors (Lipinski definition) is 2.